The molecule has 0 unspecified atom stereocenters. The molecule has 0 saturated heterocycles. The van der Waals surface area contributed by atoms with Crippen LogP contribution in [-0.2, 0) is 24.2 Å². The summed E-state index contributed by atoms with van der Waals surface area (Å²) in [5, 5.41) is 5.88. The van der Waals surface area contributed by atoms with Crippen molar-refractivity contribution in [2.75, 3.05) is 11.9 Å². The number of ether oxygens (including phenoxy) is 1. The Hall–Kier alpha value is -3.60. The van der Waals surface area contributed by atoms with Crippen LogP contribution in [0.5, 0.6) is 5.75 Å². The first-order valence-corrected chi connectivity index (χ1v) is 10.6. The van der Waals surface area contributed by atoms with E-state index in [2.05, 4.69) is 24.5 Å². The first-order chi connectivity index (χ1) is 15.1. The molecule has 0 aliphatic rings. The average molecular weight is 417 g/mol. The number of carbonyl (C=O) groups excluding carboxylic acids is 2. The molecule has 0 radical (unpaired) electrons. The second-order valence-corrected chi connectivity index (χ2v) is 7.19. The highest BCUT2D eigenvalue weighted by Crippen LogP contribution is 2.22. The molecule has 2 amide bonds. The molecule has 5 heteroatoms. The van der Waals surface area contributed by atoms with Crippen molar-refractivity contribution in [3.05, 3.63) is 95.1 Å². The fourth-order valence-corrected chi connectivity index (χ4v) is 3.33. The number of hydrogen-bond donors (Lipinski definition) is 2. The smallest absolute Gasteiger partial charge is 0.262 e. The van der Waals surface area contributed by atoms with Gasteiger partial charge in [0.25, 0.3) is 11.8 Å². The minimum absolute atomic E-state index is 0.129. The zero-order valence-electron chi connectivity index (χ0n) is 18.0. The molecule has 0 fully saturated rings. The van der Waals surface area contributed by atoms with E-state index in [1.54, 1.807) is 24.3 Å². The van der Waals surface area contributed by atoms with Crippen molar-refractivity contribution in [3.8, 4) is 5.75 Å². The van der Waals surface area contributed by atoms with Crippen molar-refractivity contribution in [3.63, 3.8) is 0 Å². The average Bonchev–Trinajstić information content (AvgIpc) is 2.82. The summed E-state index contributed by atoms with van der Waals surface area (Å²) in [5.41, 5.74) is 4.59. The van der Waals surface area contributed by atoms with Crippen LogP contribution in [0.1, 0.15) is 40.9 Å². The van der Waals surface area contributed by atoms with Gasteiger partial charge in [-0.1, -0.05) is 68.4 Å². The molecule has 0 aliphatic heterocycles. The predicted molar refractivity (Wildman–Crippen MR) is 123 cm³/mol. The van der Waals surface area contributed by atoms with E-state index in [-0.39, 0.29) is 18.4 Å². The van der Waals surface area contributed by atoms with Crippen molar-refractivity contribution < 1.29 is 14.3 Å². The van der Waals surface area contributed by atoms with Crippen molar-refractivity contribution in [1.82, 2.24) is 5.32 Å². The maximum absolute atomic E-state index is 12.5. The highest BCUT2D eigenvalue weighted by molar-refractivity contribution is 5.95. The molecule has 0 heterocycles. The van der Waals surface area contributed by atoms with Gasteiger partial charge in [-0.15, -0.1) is 0 Å². The molecule has 0 aliphatic carbocycles. The Morgan fingerprint density at radius 3 is 2.19 bits per heavy atom. The number of nitrogens with one attached hydrogen (secondary N) is 2. The lowest BCUT2D eigenvalue weighted by atomic mass is 10.0. The van der Waals surface area contributed by atoms with E-state index in [0.717, 1.165) is 35.2 Å². The van der Waals surface area contributed by atoms with Crippen LogP contribution in [0.2, 0.25) is 0 Å². The third-order valence-corrected chi connectivity index (χ3v) is 5.03. The Bertz CT molecular complexity index is 1010. The number of para-hydroxylation sites is 1. The number of amides is 2. The lowest BCUT2D eigenvalue weighted by Crippen LogP contribution is -2.23. The second-order valence-electron chi connectivity index (χ2n) is 7.19. The summed E-state index contributed by atoms with van der Waals surface area (Å²) in [6.45, 7) is 4.45. The van der Waals surface area contributed by atoms with Crippen molar-refractivity contribution in [1.29, 1.82) is 0 Å². The van der Waals surface area contributed by atoms with Gasteiger partial charge in [-0.3, -0.25) is 9.59 Å². The Balaban J connectivity index is 1.57. The minimum atomic E-state index is -0.227. The molecule has 5 nitrogen and oxygen atoms in total. The van der Waals surface area contributed by atoms with Crippen LogP contribution in [0, 0.1) is 0 Å². The third kappa shape index (κ3) is 6.19. The van der Waals surface area contributed by atoms with E-state index in [1.165, 1.54) is 0 Å². The third-order valence-electron chi connectivity index (χ3n) is 5.03. The van der Waals surface area contributed by atoms with Gasteiger partial charge >= 0.3 is 0 Å². The molecular weight excluding hydrogens is 388 g/mol. The van der Waals surface area contributed by atoms with Gasteiger partial charge in [0.15, 0.2) is 6.61 Å². The van der Waals surface area contributed by atoms with Crippen LogP contribution in [-0.4, -0.2) is 18.4 Å². The van der Waals surface area contributed by atoms with Gasteiger partial charge in [0, 0.05) is 17.8 Å². The van der Waals surface area contributed by atoms with Crippen LogP contribution in [0.4, 0.5) is 5.69 Å². The quantitative estimate of drug-likeness (QED) is 0.529. The summed E-state index contributed by atoms with van der Waals surface area (Å²) in [7, 11) is 0. The standard InChI is InChI=1S/C26H28N2O3/c1-3-20-12-8-13-21(4-2)25(20)28-24(29)18-31-23-15-9-14-22(16-23)26(30)27-17-19-10-6-5-7-11-19/h5-16H,3-4,17-18H2,1-2H3,(H,27,30)(H,28,29). The van der Waals surface area contributed by atoms with E-state index >= 15 is 0 Å². The lowest BCUT2D eigenvalue weighted by molar-refractivity contribution is -0.118. The van der Waals surface area contributed by atoms with E-state index in [0.29, 0.717) is 17.9 Å². The minimum Gasteiger partial charge on any atom is -0.484 e. The molecule has 0 atom stereocenters. The number of hydrogen-bond acceptors (Lipinski definition) is 3. The number of benzene rings is 3. The maximum atomic E-state index is 12.5. The van der Waals surface area contributed by atoms with Crippen molar-refractivity contribution in [2.45, 2.75) is 33.2 Å². The van der Waals surface area contributed by atoms with Crippen LogP contribution >= 0.6 is 0 Å². The lowest BCUT2D eigenvalue weighted by Gasteiger charge is -2.15. The fraction of sp³-hybridized carbons (Fsp3) is 0.231. The Kier molecular flexibility index (Phi) is 7.82. The number of carbonyl (C=O) groups is 2. The summed E-state index contributed by atoms with van der Waals surface area (Å²) in [6.07, 6.45) is 1.68. The van der Waals surface area contributed by atoms with Gasteiger partial charge in [0.05, 0.1) is 0 Å². The van der Waals surface area contributed by atoms with Gasteiger partial charge in [0.2, 0.25) is 0 Å². The monoisotopic (exact) mass is 416 g/mol. The highest BCUT2D eigenvalue weighted by Gasteiger charge is 2.12. The summed E-state index contributed by atoms with van der Waals surface area (Å²) in [6, 6.07) is 22.6. The van der Waals surface area contributed by atoms with Gasteiger partial charge in [-0.05, 0) is 47.7 Å². The van der Waals surface area contributed by atoms with Crippen LogP contribution in [0.15, 0.2) is 72.8 Å². The molecule has 0 aromatic heterocycles. The molecule has 3 aromatic carbocycles. The molecule has 3 rings (SSSR count). The molecule has 3 aromatic rings. The van der Waals surface area contributed by atoms with E-state index in [1.807, 2.05) is 48.5 Å². The van der Waals surface area contributed by atoms with E-state index in [4.69, 9.17) is 4.74 Å². The van der Waals surface area contributed by atoms with Crippen molar-refractivity contribution in [2.24, 2.45) is 0 Å². The van der Waals surface area contributed by atoms with Crippen LogP contribution < -0.4 is 15.4 Å². The summed E-state index contributed by atoms with van der Waals surface area (Å²) < 4.78 is 5.65. The van der Waals surface area contributed by atoms with Gasteiger partial charge in [-0.2, -0.15) is 0 Å². The molecule has 2 N–H and O–H groups in total. The van der Waals surface area contributed by atoms with Crippen LogP contribution in [0.25, 0.3) is 0 Å². The first-order valence-electron chi connectivity index (χ1n) is 10.6. The maximum Gasteiger partial charge on any atom is 0.262 e. The predicted octanol–water partition coefficient (Wildman–Crippen LogP) is 4.76. The molecular formula is C26H28N2O3. The first kappa shape index (κ1) is 22.1. The topological polar surface area (TPSA) is 67.4 Å². The van der Waals surface area contributed by atoms with Crippen molar-refractivity contribution >= 4 is 17.5 Å². The normalized spacial score (nSPS) is 10.4. The molecule has 0 saturated carbocycles. The zero-order valence-corrected chi connectivity index (χ0v) is 18.0. The molecule has 0 spiro atoms. The molecule has 160 valence electrons. The largest absolute Gasteiger partial charge is 0.484 e. The summed E-state index contributed by atoms with van der Waals surface area (Å²) in [5.74, 6) is 0.0553. The highest BCUT2D eigenvalue weighted by atomic mass is 16.5. The second kappa shape index (κ2) is 11.0. The van der Waals surface area contributed by atoms with Gasteiger partial charge in [0.1, 0.15) is 5.75 Å². The van der Waals surface area contributed by atoms with E-state index < -0.39 is 0 Å². The Labute approximate surface area is 183 Å². The number of anilines is 1. The Morgan fingerprint density at radius 2 is 1.52 bits per heavy atom. The molecule has 0 bridgehead atoms. The number of rotatable bonds is 9. The van der Waals surface area contributed by atoms with Gasteiger partial charge < -0.3 is 15.4 Å². The Morgan fingerprint density at radius 1 is 0.839 bits per heavy atom. The summed E-state index contributed by atoms with van der Waals surface area (Å²) >= 11 is 0. The molecule has 31 heavy (non-hydrogen) atoms. The van der Waals surface area contributed by atoms with E-state index in [9.17, 15) is 9.59 Å². The van der Waals surface area contributed by atoms with Gasteiger partial charge in [-0.25, -0.2) is 0 Å². The SMILES string of the molecule is CCc1cccc(CC)c1NC(=O)COc1cccc(C(=O)NCc2ccccc2)c1. The fourth-order valence-electron chi connectivity index (χ4n) is 3.33. The number of aryl methyl sites for hydroxylation is 2. The summed E-state index contributed by atoms with van der Waals surface area (Å²) in [4.78, 5) is 24.9. The van der Waals surface area contributed by atoms with Crippen LogP contribution in [0.3, 0.4) is 0 Å². The zero-order chi connectivity index (χ0) is 22.1.